The molecule has 0 bridgehead atoms. The molecule has 0 aromatic carbocycles. The summed E-state index contributed by atoms with van der Waals surface area (Å²) in [6.07, 6.45) is 24.4. The molecule has 3 radical (unpaired) electrons. The van der Waals surface area contributed by atoms with E-state index in [2.05, 4.69) is 76.5 Å². The van der Waals surface area contributed by atoms with Crippen molar-refractivity contribution >= 4 is 57.8 Å². The Morgan fingerprint density at radius 3 is 1.56 bits per heavy atom. The number of rotatable bonds is 2. The number of halogens is 1. The Labute approximate surface area is 516 Å². The Kier molecular flexibility index (Phi) is 23.6. The number of allylic oxidation sites excluding steroid dienone is 4. The van der Waals surface area contributed by atoms with Crippen molar-refractivity contribution in [2.45, 2.75) is 197 Å². The van der Waals surface area contributed by atoms with Gasteiger partial charge in [0.25, 0.3) is 0 Å². The number of Topliss-reactive ketones (excluding diaryl/α,β-unsaturated/α-hetero) is 3. The van der Waals surface area contributed by atoms with E-state index in [9.17, 15) is 39.0 Å². The summed E-state index contributed by atoms with van der Waals surface area (Å²) < 4.78 is 11.7. The van der Waals surface area contributed by atoms with Gasteiger partial charge in [-0.3, -0.25) is 28.8 Å². The van der Waals surface area contributed by atoms with Crippen LogP contribution in [0.3, 0.4) is 0 Å². The number of aliphatic carboxylic acids is 1. The van der Waals surface area contributed by atoms with Gasteiger partial charge >= 0.3 is 17.9 Å². The van der Waals surface area contributed by atoms with Crippen LogP contribution < -0.4 is 0 Å². The van der Waals surface area contributed by atoms with Gasteiger partial charge in [0.1, 0.15) is 28.9 Å². The second-order valence-corrected chi connectivity index (χ2v) is 23.8. The summed E-state index contributed by atoms with van der Waals surface area (Å²) in [7, 11) is 0. The van der Waals surface area contributed by atoms with Crippen molar-refractivity contribution in [2.24, 2.45) is 73.9 Å². The summed E-state index contributed by atoms with van der Waals surface area (Å²) in [5, 5.41) is 19.5. The van der Waals surface area contributed by atoms with Crippen molar-refractivity contribution in [3.05, 3.63) is 41.9 Å². The maximum atomic E-state index is 13.1. The van der Waals surface area contributed by atoms with E-state index in [4.69, 9.17) is 9.47 Å². The van der Waals surface area contributed by atoms with Gasteiger partial charge in [0.05, 0.1) is 23.9 Å². The Hall–Kier alpha value is 0.902. The number of ether oxygens (including phenoxy) is 2. The molecule has 391 valence electrons. The third-order valence-corrected chi connectivity index (χ3v) is 20.3. The summed E-state index contributed by atoms with van der Waals surface area (Å²) in [5.41, 5.74) is 2.40. The molecule has 14 atom stereocenters. The van der Waals surface area contributed by atoms with Crippen LogP contribution in [-0.2, 0) is 136 Å². The van der Waals surface area contributed by atoms with Crippen molar-refractivity contribution < 1.29 is 147 Å². The van der Waals surface area contributed by atoms with Gasteiger partial charge in [-0.05, 0) is 78.5 Å². The van der Waals surface area contributed by atoms with Gasteiger partial charge in [0.15, 0.2) is 0 Å². The summed E-state index contributed by atoms with van der Waals surface area (Å²) in [6.45, 7) is 13.2. The number of carboxylic acid groups (broad SMARTS) is 1. The second kappa shape index (κ2) is 25.4. The van der Waals surface area contributed by atoms with Gasteiger partial charge in [0.2, 0.25) is 0 Å². The first kappa shape index (κ1) is 66.2. The quantitative estimate of drug-likeness (QED) is 0.118. The first-order valence-electron chi connectivity index (χ1n) is 25.5. The smallest absolute Gasteiger partial charge is 0.315 e. The van der Waals surface area contributed by atoms with E-state index in [1.54, 1.807) is 0 Å². The summed E-state index contributed by atoms with van der Waals surface area (Å²) in [4.78, 5) is 75.3. The average molecular weight is 1320 g/mol. The van der Waals surface area contributed by atoms with Gasteiger partial charge in [0, 0.05) is 142 Å². The van der Waals surface area contributed by atoms with Crippen LogP contribution in [0.2, 0.25) is 0 Å². The number of aliphatic hydroxyl groups excluding tert-OH is 1. The third-order valence-electron chi connectivity index (χ3n) is 20.3. The largest absolute Gasteiger partial charge is 0.481 e. The van der Waals surface area contributed by atoms with Gasteiger partial charge in [-0.2, -0.15) is 19.3 Å². The van der Waals surface area contributed by atoms with Crippen molar-refractivity contribution in [3.8, 4) is 0 Å². The molecule has 0 aromatic heterocycles. The van der Waals surface area contributed by atoms with Crippen molar-refractivity contribution in [3.63, 3.8) is 0 Å². The summed E-state index contributed by atoms with van der Waals surface area (Å²) in [6, 6.07) is 0. The molecular weight excluding hydrogens is 1240 g/mol. The molecule has 0 spiro atoms. The van der Waals surface area contributed by atoms with Crippen LogP contribution in [0.4, 0.5) is 0 Å². The van der Waals surface area contributed by atoms with E-state index in [-0.39, 0.29) is 206 Å². The van der Waals surface area contributed by atoms with Crippen LogP contribution in [0.1, 0.15) is 191 Å². The molecule has 10 nitrogen and oxygen atoms in total. The molecule has 71 heavy (non-hydrogen) atoms. The molecule has 14 heteroatoms. The molecule has 9 aliphatic carbocycles. The molecule has 2 N–H and O–H groups in total. The fraction of sp³-hybridized carbons (Fsp3) is 0.772. The van der Waals surface area contributed by atoms with Gasteiger partial charge < -0.3 is 38.9 Å². The fourth-order valence-electron chi connectivity index (χ4n) is 15.9. The predicted molar refractivity (Wildman–Crippen MR) is 271 cm³/mol. The van der Waals surface area contributed by atoms with Crippen LogP contribution in [0.15, 0.2) is 22.7 Å². The maximum Gasteiger partial charge on any atom is 0.315 e. The number of fused-ring (bicyclic) bond motifs is 9. The van der Waals surface area contributed by atoms with Crippen molar-refractivity contribution in [2.75, 3.05) is 4.93 Å². The summed E-state index contributed by atoms with van der Waals surface area (Å²) in [5.74, 6) is 0.838. The topological polar surface area (TPSA) is 161 Å². The Morgan fingerprint density at radius 2 is 1.03 bits per heavy atom. The zero-order valence-corrected chi connectivity index (χ0v) is 53.1. The van der Waals surface area contributed by atoms with E-state index in [1.165, 1.54) is 17.6 Å². The minimum Gasteiger partial charge on any atom is -0.481 e. The number of hydrogen-bond acceptors (Lipinski definition) is 9. The van der Waals surface area contributed by atoms with Crippen molar-refractivity contribution in [1.82, 2.24) is 0 Å². The van der Waals surface area contributed by atoms with Crippen LogP contribution in [0, 0.1) is 93.2 Å². The van der Waals surface area contributed by atoms with Gasteiger partial charge in [-0.15, -0.1) is 16.2 Å². The number of aliphatic hydroxyl groups is 1. The minimum absolute atomic E-state index is 0. The van der Waals surface area contributed by atoms with E-state index in [0.29, 0.717) is 43.9 Å². The van der Waals surface area contributed by atoms with Crippen LogP contribution in [0.5, 0.6) is 0 Å². The number of carboxylic acids is 1. The molecule has 11 aliphatic rings. The summed E-state index contributed by atoms with van der Waals surface area (Å²) >= 11 is 2.15. The number of carbonyl (C=O) groups excluding carboxylic acids is 5. The van der Waals surface area contributed by atoms with E-state index in [0.717, 1.165) is 101 Å². The number of hydrogen-bond donors (Lipinski definition) is 2. The fourth-order valence-corrected chi connectivity index (χ4v) is 15.9. The Morgan fingerprint density at radius 1 is 0.549 bits per heavy atom. The normalized spacial score (nSPS) is 42.4. The Bertz CT molecular complexity index is 2090. The zero-order valence-electron chi connectivity index (χ0n) is 42.5. The molecule has 2 aliphatic heterocycles. The van der Waals surface area contributed by atoms with Gasteiger partial charge in [-0.25, -0.2) is 0 Å². The number of esters is 2. The minimum atomic E-state index is -0.922. The van der Waals surface area contributed by atoms with Crippen molar-refractivity contribution in [1.29, 1.82) is 0 Å². The number of alkyl halides is 1. The molecule has 9 fully saturated rings. The monoisotopic (exact) mass is 1320 g/mol. The maximum absolute atomic E-state index is 13.1. The predicted octanol–water partition coefficient (Wildman–Crippen LogP) is 12.3. The number of carbonyl (C=O) groups is 6. The first-order chi connectivity index (χ1) is 31.2. The Balaban J connectivity index is 0.000000267. The average Bonchev–Trinajstić information content (AvgIpc) is 4.00. The number of ketones is 3. The zero-order chi connectivity index (χ0) is 47.8. The van der Waals surface area contributed by atoms with E-state index < -0.39 is 17.3 Å². The second-order valence-electron chi connectivity index (χ2n) is 23.8. The molecule has 14 unspecified atom stereocenters. The first-order valence-corrected chi connectivity index (χ1v) is 27.6. The van der Waals surface area contributed by atoms with Crippen LogP contribution >= 0.6 is 22.6 Å². The third kappa shape index (κ3) is 11.9. The SMILES string of the molecule is C.C.CC12[CH-]CCC1=C1OC(=O)C3CC(=O)CCC3(C)C1CC2.CC12[CH-]CCC1=C1OC(=O)C3CC(O)CCC3(C)C1CC2.CC12[CH-]CCC1C(=O)C(C1(C)CCC(=O)CC1C(=O)O)CC2.CI.[Y].[Y].[Y]. The van der Waals surface area contributed by atoms with Crippen LogP contribution in [-0.4, -0.2) is 56.5 Å². The van der Waals surface area contributed by atoms with Crippen LogP contribution in [0.25, 0.3) is 0 Å². The van der Waals surface area contributed by atoms with E-state index in [1.807, 2.05) is 11.9 Å². The molecular formula is C57H84IO10Y3-3. The molecule has 11 rings (SSSR count). The molecule has 2 saturated heterocycles. The van der Waals surface area contributed by atoms with E-state index >= 15 is 0 Å². The molecule has 0 aromatic rings. The van der Waals surface area contributed by atoms with Gasteiger partial charge in [-0.1, -0.05) is 129 Å². The molecule has 2 heterocycles. The molecule has 0 amide bonds. The standard InChI is InChI=1S/C18H25O4.C18H25O3.C18H23O3.CH3I.2CH4.3Y/c1-17-7-3-4-12(17)15(20)13(6-8-17)18(2)9-5-11(19)10-14(18)16(21)22;2*1-17-7-3-4-12(17)15-13(6-8-17)18(2)9-5-11(19)10-14(18)16(20)21-15;1-2;;;;;/h7,12-14H,3-6,8-10H2,1-2H3,(H,21,22);7,11,13-14,19H,3-6,8-10H2,1-2H3;7,13-14H,3-6,8-10H2,1-2H3;1H3;2*1H4;;;/q3*-1;;;;;;. The molecule has 7 saturated carbocycles.